The topological polar surface area (TPSA) is 88.2 Å². The van der Waals surface area contributed by atoms with Gasteiger partial charge < -0.3 is 14.8 Å². The van der Waals surface area contributed by atoms with Crippen LogP contribution in [0.2, 0.25) is 0 Å². The molecule has 3 amide bonds. The summed E-state index contributed by atoms with van der Waals surface area (Å²) < 4.78 is 10.0. The number of carbonyl (C=O) groups excluding carboxylic acids is 3. The molecule has 0 aromatic rings. The molecule has 0 atom stereocenters. The molecule has 0 spiro atoms. The maximum atomic E-state index is 12.5. The van der Waals surface area contributed by atoms with Crippen LogP contribution in [0.3, 0.4) is 0 Å². The van der Waals surface area contributed by atoms with Crippen molar-refractivity contribution in [1.82, 2.24) is 15.1 Å². The highest BCUT2D eigenvalue weighted by Gasteiger charge is 2.34. The highest BCUT2D eigenvalue weighted by Crippen LogP contribution is 2.19. The minimum Gasteiger partial charge on any atom is -0.452 e. The van der Waals surface area contributed by atoms with Crippen LogP contribution >= 0.6 is 0 Å². The Hall–Kier alpha value is -2.25. The molecule has 1 rings (SSSR count). The molecular weight excluding hydrogens is 314 g/mol. The normalized spacial score (nSPS) is 15.5. The van der Waals surface area contributed by atoms with E-state index in [0.717, 1.165) is 0 Å². The summed E-state index contributed by atoms with van der Waals surface area (Å²) in [5.74, 6) is -0.470. The van der Waals surface area contributed by atoms with Crippen LogP contribution in [-0.2, 0) is 14.3 Å². The average molecular weight is 341 g/mol. The van der Waals surface area contributed by atoms with Gasteiger partial charge in [-0.25, -0.2) is 9.59 Å². The summed E-state index contributed by atoms with van der Waals surface area (Å²) in [5.41, 5.74) is -1.15. The van der Waals surface area contributed by atoms with Crippen molar-refractivity contribution in [1.29, 1.82) is 0 Å². The van der Waals surface area contributed by atoms with Crippen molar-refractivity contribution >= 4 is 18.1 Å². The zero-order chi connectivity index (χ0) is 18.7. The number of hydrogen-bond acceptors (Lipinski definition) is 5. The third-order valence-electron chi connectivity index (χ3n) is 2.88. The Morgan fingerprint density at radius 2 is 1.62 bits per heavy atom. The van der Waals surface area contributed by atoms with Gasteiger partial charge in [-0.3, -0.25) is 14.6 Å². The summed E-state index contributed by atoms with van der Waals surface area (Å²) in [7, 11) is 1.26. The molecule has 0 saturated heterocycles. The van der Waals surface area contributed by atoms with Crippen molar-refractivity contribution in [2.45, 2.75) is 52.7 Å². The molecule has 1 aliphatic rings. The zero-order valence-corrected chi connectivity index (χ0v) is 15.4. The smallest absolute Gasteiger partial charge is 0.415 e. The van der Waals surface area contributed by atoms with Crippen LogP contribution in [-0.4, -0.2) is 59.2 Å². The minimum absolute atomic E-state index is 0.0378. The van der Waals surface area contributed by atoms with Gasteiger partial charge in [-0.15, -0.1) is 0 Å². The average Bonchev–Trinajstić information content (AvgIpc) is 2.42. The number of nitrogens with one attached hydrogen (secondary N) is 1. The van der Waals surface area contributed by atoms with Gasteiger partial charge in [0.15, 0.2) is 0 Å². The molecule has 1 N–H and O–H groups in total. The molecule has 0 fully saturated rings. The van der Waals surface area contributed by atoms with E-state index < -0.39 is 29.2 Å². The maximum Gasteiger partial charge on any atom is 0.415 e. The Bertz CT molecular complexity index is 543. The summed E-state index contributed by atoms with van der Waals surface area (Å²) >= 11 is 0. The van der Waals surface area contributed by atoms with Crippen molar-refractivity contribution in [3.8, 4) is 0 Å². The number of ether oxygens (including phenoxy) is 2. The minimum atomic E-state index is -0.692. The quantitative estimate of drug-likeness (QED) is 0.789. The van der Waals surface area contributed by atoms with E-state index in [4.69, 9.17) is 4.74 Å². The fourth-order valence-corrected chi connectivity index (χ4v) is 1.96. The van der Waals surface area contributed by atoms with E-state index in [1.165, 1.54) is 23.1 Å². The summed E-state index contributed by atoms with van der Waals surface area (Å²) in [4.78, 5) is 39.1. The van der Waals surface area contributed by atoms with Crippen molar-refractivity contribution in [2.75, 3.05) is 20.2 Å². The fourth-order valence-electron chi connectivity index (χ4n) is 1.96. The van der Waals surface area contributed by atoms with Crippen LogP contribution in [0.15, 0.2) is 11.9 Å². The van der Waals surface area contributed by atoms with Crippen LogP contribution in [0.25, 0.3) is 0 Å². The molecular formula is C16H27N3O5. The summed E-state index contributed by atoms with van der Waals surface area (Å²) in [6.45, 7) is 11.0. The first-order valence-corrected chi connectivity index (χ1v) is 7.73. The highest BCUT2D eigenvalue weighted by molar-refractivity contribution is 5.97. The number of amides is 3. The molecule has 0 bridgehead atoms. The van der Waals surface area contributed by atoms with Crippen LogP contribution in [0.1, 0.15) is 41.5 Å². The lowest BCUT2D eigenvalue weighted by molar-refractivity contribution is -0.120. The highest BCUT2D eigenvalue weighted by atomic mass is 16.6. The lowest BCUT2D eigenvalue weighted by Gasteiger charge is -2.34. The standard InChI is InChI=1S/C16H27N3O5/c1-15(2,3)17-12(20)11-10-18(13(21)23-7)8-9-19(11)14(22)24-16(4,5)6/h10H,8-9H2,1-7H3,(H,17,20). The van der Waals surface area contributed by atoms with Gasteiger partial charge in [-0.1, -0.05) is 0 Å². The summed E-state index contributed by atoms with van der Waals surface area (Å²) in [5, 5.41) is 2.78. The lowest BCUT2D eigenvalue weighted by Crippen LogP contribution is -2.51. The first kappa shape index (κ1) is 19.8. The van der Waals surface area contributed by atoms with Crippen molar-refractivity contribution in [3.05, 3.63) is 11.9 Å². The van der Waals surface area contributed by atoms with E-state index in [9.17, 15) is 14.4 Å². The number of hydrogen-bond donors (Lipinski definition) is 1. The monoisotopic (exact) mass is 341 g/mol. The van der Waals surface area contributed by atoms with Gasteiger partial charge in [-0.05, 0) is 41.5 Å². The van der Waals surface area contributed by atoms with E-state index in [0.29, 0.717) is 0 Å². The molecule has 0 aromatic carbocycles. The largest absolute Gasteiger partial charge is 0.452 e. The zero-order valence-electron chi connectivity index (χ0n) is 15.4. The third kappa shape index (κ3) is 5.75. The van der Waals surface area contributed by atoms with Crippen molar-refractivity contribution in [3.63, 3.8) is 0 Å². The molecule has 8 nitrogen and oxygen atoms in total. The van der Waals surface area contributed by atoms with E-state index >= 15 is 0 Å². The van der Waals surface area contributed by atoms with Gasteiger partial charge in [-0.2, -0.15) is 0 Å². The molecule has 0 unspecified atom stereocenters. The molecule has 8 heteroatoms. The Kier molecular flexibility index (Phi) is 5.86. The Labute approximate surface area is 142 Å². The van der Waals surface area contributed by atoms with E-state index in [-0.39, 0.29) is 18.8 Å². The van der Waals surface area contributed by atoms with Gasteiger partial charge in [0, 0.05) is 24.8 Å². The second-order valence-electron chi connectivity index (χ2n) is 7.51. The second-order valence-corrected chi connectivity index (χ2v) is 7.51. The number of methoxy groups -OCH3 is 1. The first-order chi connectivity index (χ1) is 10.8. The van der Waals surface area contributed by atoms with Gasteiger partial charge in [0.1, 0.15) is 11.3 Å². The molecule has 24 heavy (non-hydrogen) atoms. The molecule has 136 valence electrons. The number of carbonyl (C=O) groups is 3. The predicted molar refractivity (Wildman–Crippen MR) is 88.0 cm³/mol. The second kappa shape index (κ2) is 7.11. The third-order valence-corrected chi connectivity index (χ3v) is 2.88. The van der Waals surface area contributed by atoms with E-state index in [1.807, 2.05) is 20.8 Å². The predicted octanol–water partition coefficient (Wildman–Crippen LogP) is 2.06. The maximum absolute atomic E-state index is 12.5. The molecule has 0 saturated carbocycles. The SMILES string of the molecule is COC(=O)N1C=C(C(=O)NC(C)(C)C)N(C(=O)OC(C)(C)C)CC1. The van der Waals surface area contributed by atoms with Crippen molar-refractivity contribution in [2.24, 2.45) is 0 Å². The molecule has 0 aromatic heterocycles. The van der Waals surface area contributed by atoms with Crippen molar-refractivity contribution < 1.29 is 23.9 Å². The van der Waals surface area contributed by atoms with Crippen LogP contribution in [0, 0.1) is 0 Å². The summed E-state index contributed by atoms with van der Waals surface area (Å²) in [6, 6.07) is 0. The molecule has 1 heterocycles. The molecule has 0 radical (unpaired) electrons. The Morgan fingerprint density at radius 3 is 2.08 bits per heavy atom. The lowest BCUT2D eigenvalue weighted by atomic mass is 10.1. The Morgan fingerprint density at radius 1 is 1.04 bits per heavy atom. The van der Waals surface area contributed by atoms with Gasteiger partial charge >= 0.3 is 12.2 Å². The van der Waals surface area contributed by atoms with E-state index in [1.54, 1.807) is 20.8 Å². The van der Waals surface area contributed by atoms with Gasteiger partial charge in [0.25, 0.3) is 5.91 Å². The van der Waals surface area contributed by atoms with Crippen LogP contribution in [0.5, 0.6) is 0 Å². The molecule has 0 aliphatic carbocycles. The van der Waals surface area contributed by atoms with Gasteiger partial charge in [0.05, 0.1) is 7.11 Å². The number of rotatable bonds is 1. The molecule has 1 aliphatic heterocycles. The van der Waals surface area contributed by atoms with Gasteiger partial charge in [0.2, 0.25) is 0 Å². The van der Waals surface area contributed by atoms with E-state index in [2.05, 4.69) is 10.1 Å². The van der Waals surface area contributed by atoms with Crippen LogP contribution in [0.4, 0.5) is 9.59 Å². The first-order valence-electron chi connectivity index (χ1n) is 7.73. The fraction of sp³-hybridized carbons (Fsp3) is 0.688. The summed E-state index contributed by atoms with van der Waals surface area (Å²) in [6.07, 6.45) is 0.0718. The van der Waals surface area contributed by atoms with Crippen LogP contribution < -0.4 is 5.32 Å². The Balaban J connectivity index is 3.11. The number of nitrogens with zero attached hydrogens (tertiary/aromatic N) is 2.